The number of allylic oxidation sites excluding steroid dienone is 3. The summed E-state index contributed by atoms with van der Waals surface area (Å²) in [6, 6.07) is 35.8. The van der Waals surface area contributed by atoms with Gasteiger partial charge >= 0.3 is 0 Å². The Morgan fingerprint density at radius 3 is 2.26 bits per heavy atom. The zero-order chi connectivity index (χ0) is 26.7. The van der Waals surface area contributed by atoms with Gasteiger partial charge < -0.3 is 9.88 Å². The Labute approximate surface area is 229 Å². The van der Waals surface area contributed by atoms with Crippen LogP contribution in [-0.2, 0) is 5.41 Å². The summed E-state index contributed by atoms with van der Waals surface area (Å²) in [6.07, 6.45) is 6.51. The molecule has 0 amide bonds. The molecule has 190 valence electrons. The van der Waals surface area contributed by atoms with Crippen LogP contribution in [0.2, 0.25) is 0 Å². The van der Waals surface area contributed by atoms with E-state index in [4.69, 9.17) is 0 Å². The van der Waals surface area contributed by atoms with Gasteiger partial charge in [-0.3, -0.25) is 0 Å². The van der Waals surface area contributed by atoms with Gasteiger partial charge in [0.2, 0.25) is 0 Å². The van der Waals surface area contributed by atoms with Crippen molar-refractivity contribution in [3.05, 3.63) is 132 Å². The van der Waals surface area contributed by atoms with E-state index in [2.05, 4.69) is 153 Å². The molecular weight excluding hydrogens is 472 g/mol. The quantitative estimate of drug-likeness (QED) is 0.238. The maximum Gasteiger partial charge on any atom is 0.0502 e. The van der Waals surface area contributed by atoms with Gasteiger partial charge in [-0.05, 0) is 89.3 Å². The number of para-hydroxylation sites is 1. The minimum Gasteiger partial charge on any atom is -0.354 e. The van der Waals surface area contributed by atoms with E-state index in [0.717, 1.165) is 0 Å². The highest BCUT2D eigenvalue weighted by Crippen LogP contribution is 2.51. The summed E-state index contributed by atoms with van der Waals surface area (Å²) in [4.78, 5) is 6.05. The van der Waals surface area contributed by atoms with Crippen LogP contribution < -0.4 is 4.90 Å². The fourth-order valence-electron chi connectivity index (χ4n) is 6.48. The Kier molecular flexibility index (Phi) is 5.28. The summed E-state index contributed by atoms with van der Waals surface area (Å²) in [5.74, 6) is 0. The van der Waals surface area contributed by atoms with Crippen LogP contribution in [0.1, 0.15) is 38.8 Å². The first-order valence-corrected chi connectivity index (χ1v) is 13.8. The average Bonchev–Trinajstić information content (AvgIpc) is 3.35. The van der Waals surface area contributed by atoms with Gasteiger partial charge in [0, 0.05) is 32.9 Å². The third kappa shape index (κ3) is 3.48. The van der Waals surface area contributed by atoms with Crippen LogP contribution in [0.15, 0.2) is 121 Å². The number of benzene rings is 5. The van der Waals surface area contributed by atoms with E-state index in [1.54, 1.807) is 0 Å². The van der Waals surface area contributed by atoms with Gasteiger partial charge in [-0.2, -0.15) is 0 Å². The summed E-state index contributed by atoms with van der Waals surface area (Å²) in [5.41, 5.74) is 11.1. The Hall–Kier alpha value is -4.56. The van der Waals surface area contributed by atoms with Crippen molar-refractivity contribution < 1.29 is 0 Å². The molecule has 0 atom stereocenters. The van der Waals surface area contributed by atoms with Crippen LogP contribution >= 0.6 is 0 Å². The van der Waals surface area contributed by atoms with E-state index >= 15 is 0 Å². The van der Waals surface area contributed by atoms with E-state index in [1.807, 2.05) is 0 Å². The zero-order valence-corrected chi connectivity index (χ0v) is 22.9. The van der Waals surface area contributed by atoms with Crippen LogP contribution in [0.5, 0.6) is 0 Å². The van der Waals surface area contributed by atoms with Gasteiger partial charge in [0.15, 0.2) is 0 Å². The fourth-order valence-corrected chi connectivity index (χ4v) is 6.48. The lowest BCUT2D eigenvalue weighted by Crippen LogP contribution is -2.32. The van der Waals surface area contributed by atoms with Gasteiger partial charge in [-0.25, -0.2) is 0 Å². The van der Waals surface area contributed by atoms with Gasteiger partial charge in [-0.15, -0.1) is 0 Å². The molecule has 0 bridgehead atoms. The van der Waals surface area contributed by atoms with Crippen molar-refractivity contribution in [1.82, 2.24) is 4.98 Å². The summed E-state index contributed by atoms with van der Waals surface area (Å²) >= 11 is 0. The summed E-state index contributed by atoms with van der Waals surface area (Å²) in [6.45, 7) is 8.90. The van der Waals surface area contributed by atoms with Crippen LogP contribution in [0.3, 0.4) is 0 Å². The molecule has 39 heavy (non-hydrogen) atoms. The zero-order valence-electron chi connectivity index (χ0n) is 22.9. The van der Waals surface area contributed by atoms with Crippen LogP contribution in [0.4, 0.5) is 11.4 Å². The standard InChI is InChI=1S/C37H32N2/c1-5-11-27(6-2)39-34-15-10-9-14-30(34)37(3,4)31-23-26(18-21-35(31)39)25-17-19-32-29(22-25)36-28-13-8-7-12-24(28)16-20-33(36)38-32/h5-23,38H,1-4H3/b11-5-,27-6+. The lowest BCUT2D eigenvalue weighted by atomic mass is 9.73. The third-order valence-corrected chi connectivity index (χ3v) is 8.44. The molecule has 0 unspecified atom stereocenters. The van der Waals surface area contributed by atoms with Gasteiger partial charge in [0.1, 0.15) is 0 Å². The summed E-state index contributed by atoms with van der Waals surface area (Å²) in [7, 11) is 0. The second kappa shape index (κ2) is 8.74. The molecule has 2 heterocycles. The largest absolute Gasteiger partial charge is 0.354 e. The summed E-state index contributed by atoms with van der Waals surface area (Å²) < 4.78 is 0. The molecule has 0 radical (unpaired) electrons. The number of aromatic nitrogens is 1. The number of anilines is 2. The first kappa shape index (κ1) is 23.5. The molecule has 1 N–H and O–H groups in total. The van der Waals surface area contributed by atoms with Crippen LogP contribution in [-0.4, -0.2) is 4.98 Å². The molecular formula is C37H32N2. The molecule has 1 aromatic heterocycles. The van der Waals surface area contributed by atoms with Crippen molar-refractivity contribution >= 4 is 44.0 Å². The predicted octanol–water partition coefficient (Wildman–Crippen LogP) is 10.4. The van der Waals surface area contributed by atoms with E-state index < -0.39 is 0 Å². The second-order valence-corrected chi connectivity index (χ2v) is 11.0. The topological polar surface area (TPSA) is 19.0 Å². The average molecular weight is 505 g/mol. The van der Waals surface area contributed by atoms with E-state index in [-0.39, 0.29) is 5.41 Å². The molecule has 1 aliphatic heterocycles. The SMILES string of the molecule is C/C=C\C(=C/C)N1c2ccccc2C(C)(C)c2cc(-c3ccc4[nH]c5ccc6ccccc6c5c4c3)ccc21. The lowest BCUT2D eigenvalue weighted by molar-refractivity contribution is 0.630. The van der Waals surface area contributed by atoms with Gasteiger partial charge in [-0.1, -0.05) is 86.7 Å². The smallest absolute Gasteiger partial charge is 0.0502 e. The maximum atomic E-state index is 3.64. The Morgan fingerprint density at radius 1 is 0.692 bits per heavy atom. The number of fused-ring (bicyclic) bond motifs is 7. The highest BCUT2D eigenvalue weighted by molar-refractivity contribution is 6.20. The van der Waals surface area contributed by atoms with Gasteiger partial charge in [0.25, 0.3) is 0 Å². The number of hydrogen-bond donors (Lipinski definition) is 1. The number of nitrogens with one attached hydrogen (secondary N) is 1. The Bertz CT molecular complexity index is 1970. The molecule has 0 fully saturated rings. The number of H-pyrrole nitrogens is 1. The van der Waals surface area contributed by atoms with Crippen molar-refractivity contribution in [3.8, 4) is 11.1 Å². The number of nitrogens with zero attached hydrogens (tertiary/aromatic N) is 1. The van der Waals surface area contributed by atoms with Crippen molar-refractivity contribution in [2.24, 2.45) is 0 Å². The highest BCUT2D eigenvalue weighted by Gasteiger charge is 2.37. The number of hydrogen-bond acceptors (Lipinski definition) is 1. The minimum atomic E-state index is -0.131. The summed E-state index contributed by atoms with van der Waals surface area (Å²) in [5, 5.41) is 5.13. The van der Waals surface area contributed by atoms with E-state index in [0.29, 0.717) is 0 Å². The molecule has 0 aliphatic carbocycles. The third-order valence-electron chi connectivity index (χ3n) is 8.44. The predicted molar refractivity (Wildman–Crippen MR) is 168 cm³/mol. The normalized spacial score (nSPS) is 14.9. The Morgan fingerprint density at radius 2 is 1.41 bits per heavy atom. The van der Waals surface area contributed by atoms with Crippen molar-refractivity contribution in [2.45, 2.75) is 33.1 Å². The van der Waals surface area contributed by atoms with Crippen LogP contribution in [0, 0.1) is 0 Å². The number of rotatable bonds is 3. The monoisotopic (exact) mass is 504 g/mol. The van der Waals surface area contributed by atoms with E-state index in [1.165, 1.54) is 71.9 Å². The first-order chi connectivity index (χ1) is 19.0. The first-order valence-electron chi connectivity index (χ1n) is 13.8. The molecule has 0 saturated carbocycles. The molecule has 7 rings (SSSR count). The van der Waals surface area contributed by atoms with Crippen molar-refractivity contribution in [2.75, 3.05) is 4.90 Å². The van der Waals surface area contributed by atoms with Crippen molar-refractivity contribution in [1.29, 1.82) is 0 Å². The molecule has 5 aromatic carbocycles. The maximum absolute atomic E-state index is 3.64. The molecule has 0 saturated heterocycles. The lowest BCUT2D eigenvalue weighted by Gasteiger charge is -2.42. The second-order valence-electron chi connectivity index (χ2n) is 11.0. The Balaban J connectivity index is 1.44. The van der Waals surface area contributed by atoms with Crippen LogP contribution in [0.25, 0.3) is 43.7 Å². The van der Waals surface area contributed by atoms with E-state index in [9.17, 15) is 0 Å². The van der Waals surface area contributed by atoms with Crippen molar-refractivity contribution in [3.63, 3.8) is 0 Å². The fraction of sp³-hybridized carbons (Fsp3) is 0.135. The molecule has 1 aliphatic rings. The molecule has 2 nitrogen and oxygen atoms in total. The highest BCUT2D eigenvalue weighted by atomic mass is 15.2. The molecule has 0 spiro atoms. The number of aromatic amines is 1. The van der Waals surface area contributed by atoms with Gasteiger partial charge in [0.05, 0.1) is 11.4 Å². The molecule has 6 aromatic rings. The minimum absolute atomic E-state index is 0.131. The molecule has 2 heteroatoms.